The van der Waals surface area contributed by atoms with Crippen LogP contribution in [-0.2, 0) is 15.3 Å². The number of amides is 2. The van der Waals surface area contributed by atoms with Crippen molar-refractivity contribution in [1.29, 1.82) is 0 Å². The number of ether oxygens (including phenoxy) is 2. The quantitative estimate of drug-likeness (QED) is 0.387. The molecule has 202 valence electrons. The zero-order valence-corrected chi connectivity index (χ0v) is 24.4. The van der Waals surface area contributed by atoms with E-state index in [4.69, 9.17) is 9.47 Å². The minimum Gasteiger partial charge on any atom is -0.327 e. The average Bonchev–Trinajstić information content (AvgIpc) is 2.95. The first-order valence-electron chi connectivity index (χ1n) is 13.7. The van der Waals surface area contributed by atoms with Gasteiger partial charge in [-0.1, -0.05) is 116 Å². The number of anilines is 1. The van der Waals surface area contributed by atoms with Crippen LogP contribution >= 0.6 is 0 Å². The summed E-state index contributed by atoms with van der Waals surface area (Å²) in [6, 6.07) is 23.8. The van der Waals surface area contributed by atoms with Crippen LogP contribution < -0.4 is 10.2 Å². The molecule has 3 aromatic carbocycles. The number of rotatable bonds is 3. The number of nitrogens with one attached hydrogen (secondary N) is 1. The van der Waals surface area contributed by atoms with Gasteiger partial charge in [0.25, 0.3) is 0 Å². The molecule has 2 aliphatic rings. The molecular weight excluding hydrogens is 460 g/mol. The van der Waals surface area contributed by atoms with Crippen molar-refractivity contribution in [2.75, 3.05) is 18.7 Å². The molecule has 0 saturated carbocycles. The highest BCUT2D eigenvalue weighted by Gasteiger charge is 2.45. The van der Waals surface area contributed by atoms with Crippen LogP contribution in [0, 0.1) is 6.92 Å². The highest BCUT2D eigenvalue weighted by atomic mass is 16.9. The Balaban J connectivity index is 0.000000784. The van der Waals surface area contributed by atoms with E-state index in [2.05, 4.69) is 17.4 Å². The lowest BCUT2D eigenvalue weighted by molar-refractivity contribution is -0.386. The Bertz CT molecular complexity index is 1060. The summed E-state index contributed by atoms with van der Waals surface area (Å²) >= 11 is 0. The average molecular weight is 507 g/mol. The van der Waals surface area contributed by atoms with Gasteiger partial charge >= 0.3 is 6.03 Å². The van der Waals surface area contributed by atoms with Gasteiger partial charge in [-0.05, 0) is 30.2 Å². The third-order valence-corrected chi connectivity index (χ3v) is 5.74. The van der Waals surface area contributed by atoms with Gasteiger partial charge in [0, 0.05) is 23.7 Å². The predicted octanol–water partition coefficient (Wildman–Crippen LogP) is 8.55. The van der Waals surface area contributed by atoms with E-state index in [-0.39, 0.29) is 18.9 Å². The third-order valence-electron chi connectivity index (χ3n) is 5.74. The van der Waals surface area contributed by atoms with Gasteiger partial charge in [-0.15, -0.1) is 0 Å². The van der Waals surface area contributed by atoms with E-state index in [0.29, 0.717) is 0 Å². The van der Waals surface area contributed by atoms with Gasteiger partial charge in [-0.25, -0.2) is 4.79 Å². The summed E-state index contributed by atoms with van der Waals surface area (Å²) in [6.45, 7) is 18.3. The second kappa shape index (κ2) is 15.9. The Morgan fingerprint density at radius 1 is 0.784 bits per heavy atom. The van der Waals surface area contributed by atoms with Crippen LogP contribution in [0.3, 0.4) is 0 Å². The van der Waals surface area contributed by atoms with Crippen molar-refractivity contribution in [2.45, 2.75) is 74.1 Å². The van der Waals surface area contributed by atoms with Crippen LogP contribution in [0.5, 0.6) is 0 Å². The summed E-state index contributed by atoms with van der Waals surface area (Å²) in [7, 11) is 1.80. The fourth-order valence-corrected chi connectivity index (χ4v) is 4.32. The normalized spacial score (nSPS) is 16.2. The molecule has 1 fully saturated rings. The maximum absolute atomic E-state index is 12.6. The molecule has 0 bridgehead atoms. The molecule has 3 aromatic rings. The Labute approximate surface area is 224 Å². The van der Waals surface area contributed by atoms with Gasteiger partial charge in [0.1, 0.15) is 0 Å². The molecule has 5 heteroatoms. The molecule has 1 unspecified atom stereocenters. The van der Waals surface area contributed by atoms with E-state index in [0.717, 1.165) is 33.5 Å². The van der Waals surface area contributed by atoms with Crippen molar-refractivity contribution in [3.05, 3.63) is 101 Å². The molecule has 0 radical (unpaired) electrons. The Hall–Kier alpha value is -3.15. The van der Waals surface area contributed by atoms with Gasteiger partial charge in [-0.3, -0.25) is 4.90 Å². The summed E-state index contributed by atoms with van der Waals surface area (Å²) in [5.74, 6) is -0.914. The number of fused-ring (bicyclic) bond motifs is 1. The zero-order chi connectivity index (χ0) is 28.0. The minimum atomic E-state index is -0.914. The van der Waals surface area contributed by atoms with Crippen molar-refractivity contribution in [3.63, 3.8) is 0 Å². The molecular formula is C32H46N2O3. The molecule has 2 amide bonds. The maximum atomic E-state index is 12.6. The van der Waals surface area contributed by atoms with Gasteiger partial charge in [0.2, 0.25) is 5.79 Å². The smallest absolute Gasteiger partial charge is 0.322 e. The maximum Gasteiger partial charge on any atom is 0.322 e. The minimum absolute atomic E-state index is 0.115. The number of carbonyl (C=O) groups is 1. The summed E-state index contributed by atoms with van der Waals surface area (Å²) in [5, 5.41) is 3.13. The lowest BCUT2D eigenvalue weighted by atomic mass is 9.87. The number of aryl methyl sites for hydroxylation is 1. The summed E-state index contributed by atoms with van der Waals surface area (Å²) < 4.78 is 12.0. The van der Waals surface area contributed by atoms with Crippen LogP contribution in [-0.4, -0.2) is 19.9 Å². The topological polar surface area (TPSA) is 50.8 Å². The molecule has 5 nitrogen and oxygen atoms in total. The number of nitrogens with zero attached hydrogens (tertiary/aromatic N) is 1. The van der Waals surface area contributed by atoms with E-state index < -0.39 is 5.79 Å². The molecule has 1 N–H and O–H groups in total. The highest BCUT2D eigenvalue weighted by molar-refractivity contribution is 5.96. The van der Waals surface area contributed by atoms with Crippen molar-refractivity contribution in [2.24, 2.45) is 0 Å². The van der Waals surface area contributed by atoms with Crippen molar-refractivity contribution in [1.82, 2.24) is 5.32 Å². The number of carbonyl (C=O) groups excluding carboxylic acids is 1. The Kier molecular flexibility index (Phi) is 13.7. The molecule has 2 aliphatic heterocycles. The van der Waals surface area contributed by atoms with Crippen molar-refractivity contribution in [3.8, 4) is 0 Å². The molecule has 2 heterocycles. The highest BCUT2D eigenvalue weighted by Crippen LogP contribution is 2.45. The Morgan fingerprint density at radius 2 is 1.30 bits per heavy atom. The lowest BCUT2D eigenvalue weighted by Gasteiger charge is -2.43. The fourth-order valence-electron chi connectivity index (χ4n) is 4.32. The third kappa shape index (κ3) is 6.60. The first-order chi connectivity index (χ1) is 18.1. The fraction of sp³-hybridized carbons (Fsp3) is 0.406. The second-order valence-corrected chi connectivity index (χ2v) is 7.47. The van der Waals surface area contributed by atoms with Crippen LogP contribution in [0.4, 0.5) is 10.5 Å². The Morgan fingerprint density at radius 3 is 1.78 bits per heavy atom. The number of urea groups is 1. The first-order valence-corrected chi connectivity index (χ1v) is 13.7. The SMILES string of the molecule is CC.CC.CC.CC.Cc1cc(C2(c3ccccc3)OCO2)cc2c1N(C)C(=O)NC2c1ccccc1. The van der Waals surface area contributed by atoms with Gasteiger partial charge in [-0.2, -0.15) is 0 Å². The standard InChI is InChI=1S/C24H22N2O3.4C2H6/c1-16-13-19(24(28-15-29-24)18-11-7-4-8-12-18)14-20-21(17-9-5-3-6-10-17)25-23(27)26(2)22(16)20;4*1-2/h3-14,21H,15H2,1-2H3,(H,25,27);4*1-2H3. The molecule has 37 heavy (non-hydrogen) atoms. The van der Waals surface area contributed by atoms with Gasteiger partial charge in [0.05, 0.1) is 11.7 Å². The lowest BCUT2D eigenvalue weighted by Crippen LogP contribution is -2.47. The van der Waals surface area contributed by atoms with Crippen molar-refractivity contribution < 1.29 is 14.3 Å². The van der Waals surface area contributed by atoms with Crippen LogP contribution in [0.25, 0.3) is 0 Å². The summed E-state index contributed by atoms with van der Waals surface area (Å²) in [5.41, 5.74) is 5.88. The predicted molar refractivity (Wildman–Crippen MR) is 156 cm³/mol. The van der Waals surface area contributed by atoms with Gasteiger partial charge in [0.15, 0.2) is 6.79 Å². The zero-order valence-electron chi connectivity index (χ0n) is 24.4. The van der Waals surface area contributed by atoms with Crippen LogP contribution in [0.15, 0.2) is 72.8 Å². The molecule has 1 atom stereocenters. The molecule has 5 rings (SSSR count). The van der Waals surface area contributed by atoms with E-state index in [9.17, 15) is 4.79 Å². The summed E-state index contributed by atoms with van der Waals surface area (Å²) in [6.07, 6.45) is 0. The van der Waals surface area contributed by atoms with Crippen LogP contribution in [0.2, 0.25) is 0 Å². The first kappa shape index (κ1) is 31.9. The molecule has 0 spiro atoms. The van der Waals surface area contributed by atoms with Crippen molar-refractivity contribution >= 4 is 11.7 Å². The number of hydrogen-bond donors (Lipinski definition) is 1. The monoisotopic (exact) mass is 506 g/mol. The number of hydrogen-bond acceptors (Lipinski definition) is 3. The second-order valence-electron chi connectivity index (χ2n) is 7.47. The van der Waals surface area contributed by atoms with Gasteiger partial charge < -0.3 is 14.8 Å². The molecule has 1 saturated heterocycles. The number of benzene rings is 3. The van der Waals surface area contributed by atoms with Crippen LogP contribution in [0.1, 0.15) is 89.2 Å². The van der Waals surface area contributed by atoms with E-state index >= 15 is 0 Å². The summed E-state index contributed by atoms with van der Waals surface area (Å²) in [4.78, 5) is 14.3. The molecule has 0 aromatic heterocycles. The molecule has 0 aliphatic carbocycles. The van der Waals surface area contributed by atoms with E-state index in [1.807, 2.05) is 123 Å². The van der Waals surface area contributed by atoms with E-state index in [1.54, 1.807) is 11.9 Å². The largest absolute Gasteiger partial charge is 0.327 e. The van der Waals surface area contributed by atoms with E-state index in [1.165, 1.54) is 0 Å².